The van der Waals surface area contributed by atoms with Crippen molar-refractivity contribution in [2.24, 2.45) is 5.92 Å². The molecule has 5 nitrogen and oxygen atoms in total. The van der Waals surface area contributed by atoms with E-state index in [4.69, 9.17) is 10.00 Å². The average Bonchev–Trinajstić information content (AvgIpc) is 3.20. The van der Waals surface area contributed by atoms with Gasteiger partial charge in [-0.3, -0.25) is 0 Å². The molecule has 0 amide bonds. The van der Waals surface area contributed by atoms with Crippen molar-refractivity contribution in [1.29, 1.82) is 5.26 Å². The van der Waals surface area contributed by atoms with Gasteiger partial charge in [-0.05, 0) is 70.5 Å². The normalized spacial score (nSPS) is 27.4. The zero-order chi connectivity index (χ0) is 18.1. The Morgan fingerprint density at radius 1 is 1.19 bits per heavy atom. The lowest BCUT2D eigenvalue weighted by molar-refractivity contribution is 0.107. The number of hydrogen-bond acceptors (Lipinski definition) is 5. The van der Waals surface area contributed by atoms with Crippen LogP contribution in [0.1, 0.15) is 62.6 Å². The molecule has 0 radical (unpaired) electrons. The Kier molecular flexibility index (Phi) is 4.95. The van der Waals surface area contributed by atoms with Crippen LogP contribution in [0.4, 0.5) is 0 Å². The van der Waals surface area contributed by atoms with E-state index in [2.05, 4.69) is 35.0 Å². The van der Waals surface area contributed by atoms with Crippen molar-refractivity contribution < 1.29 is 4.74 Å². The van der Waals surface area contributed by atoms with Gasteiger partial charge in [0.2, 0.25) is 5.88 Å². The molecule has 0 saturated heterocycles. The molecule has 4 rings (SSSR count). The summed E-state index contributed by atoms with van der Waals surface area (Å²) in [5.74, 6) is 1.26. The molecule has 0 N–H and O–H groups in total. The molecular weight excluding hydrogens is 324 g/mol. The molecule has 1 heterocycles. The Labute approximate surface area is 156 Å². The van der Waals surface area contributed by atoms with Gasteiger partial charge in [0, 0.05) is 18.9 Å². The molecule has 5 heteroatoms. The molecule has 0 aliphatic heterocycles. The molecular formula is C21H28N4O. The second-order valence-corrected chi connectivity index (χ2v) is 8.14. The van der Waals surface area contributed by atoms with E-state index >= 15 is 0 Å². The van der Waals surface area contributed by atoms with E-state index in [-0.39, 0.29) is 6.10 Å². The molecule has 1 atom stereocenters. The molecule has 1 aromatic rings. The summed E-state index contributed by atoms with van der Waals surface area (Å²) >= 11 is 0. The first-order valence-corrected chi connectivity index (χ1v) is 9.93. The van der Waals surface area contributed by atoms with Gasteiger partial charge in [-0.15, -0.1) is 0 Å². The fourth-order valence-electron chi connectivity index (χ4n) is 4.95. The number of aromatic nitrogens is 2. The summed E-state index contributed by atoms with van der Waals surface area (Å²) in [4.78, 5) is 11.4. The predicted octanol–water partition coefficient (Wildman–Crippen LogP) is 3.75. The van der Waals surface area contributed by atoms with Crippen LogP contribution in [0.5, 0.6) is 5.88 Å². The van der Waals surface area contributed by atoms with Crippen LogP contribution in [0.3, 0.4) is 0 Å². The summed E-state index contributed by atoms with van der Waals surface area (Å²) in [6.07, 6.45) is 11.3. The van der Waals surface area contributed by atoms with Gasteiger partial charge in [0.25, 0.3) is 0 Å². The van der Waals surface area contributed by atoms with Crippen molar-refractivity contribution in [3.8, 4) is 11.9 Å². The Bertz CT molecular complexity index is 741. The third-order valence-electron chi connectivity index (χ3n) is 6.38. The van der Waals surface area contributed by atoms with E-state index in [0.717, 1.165) is 55.7 Å². The van der Waals surface area contributed by atoms with Crippen molar-refractivity contribution in [2.45, 2.75) is 69.9 Å². The first-order valence-electron chi connectivity index (χ1n) is 9.93. The summed E-state index contributed by atoms with van der Waals surface area (Å²) in [7, 11) is 4.33. The fraction of sp³-hybridized carbons (Fsp3) is 0.667. The van der Waals surface area contributed by atoms with Gasteiger partial charge in [-0.25, -0.2) is 9.97 Å². The van der Waals surface area contributed by atoms with Crippen molar-refractivity contribution in [3.05, 3.63) is 23.2 Å². The molecule has 3 aliphatic rings. The number of ether oxygens (including phenoxy) is 1. The molecule has 1 saturated carbocycles. The Morgan fingerprint density at radius 3 is 2.73 bits per heavy atom. The van der Waals surface area contributed by atoms with E-state index in [0.29, 0.717) is 18.4 Å². The summed E-state index contributed by atoms with van der Waals surface area (Å²) in [5.41, 5.74) is 5.21. The van der Waals surface area contributed by atoms with Gasteiger partial charge in [-0.2, -0.15) is 5.26 Å². The van der Waals surface area contributed by atoms with Crippen molar-refractivity contribution in [1.82, 2.24) is 14.9 Å². The molecule has 26 heavy (non-hydrogen) atoms. The smallest absolute Gasteiger partial charge is 0.224 e. The van der Waals surface area contributed by atoms with E-state index in [1.54, 1.807) is 6.33 Å². The standard InChI is InChI=1S/C21H28N4O/c1-25(2)16-7-9-17(10-8-16)26-21-20-18(23-13-24-21)12-15-6-5-14(19(15)20)4-3-11-22/h13-14,16-17H,3-10,12H2,1-2H3/t14-,16?,17?/m0/s1. The zero-order valence-corrected chi connectivity index (χ0v) is 15.9. The summed E-state index contributed by atoms with van der Waals surface area (Å²) in [6.45, 7) is 0. The molecule has 0 spiro atoms. The molecule has 138 valence electrons. The monoisotopic (exact) mass is 352 g/mol. The number of rotatable bonds is 5. The van der Waals surface area contributed by atoms with Gasteiger partial charge < -0.3 is 9.64 Å². The lowest BCUT2D eigenvalue weighted by atomic mass is 9.91. The van der Waals surface area contributed by atoms with Gasteiger partial charge in [-0.1, -0.05) is 5.57 Å². The zero-order valence-electron chi connectivity index (χ0n) is 15.9. The highest BCUT2D eigenvalue weighted by Crippen LogP contribution is 2.50. The minimum Gasteiger partial charge on any atom is -0.474 e. The van der Waals surface area contributed by atoms with Crippen molar-refractivity contribution >= 4 is 5.57 Å². The fourth-order valence-corrected chi connectivity index (χ4v) is 4.95. The van der Waals surface area contributed by atoms with Gasteiger partial charge in [0.05, 0.1) is 17.3 Å². The van der Waals surface area contributed by atoms with Crippen LogP contribution >= 0.6 is 0 Å². The number of nitriles is 1. The molecule has 0 aromatic carbocycles. The molecule has 1 aromatic heterocycles. The van der Waals surface area contributed by atoms with E-state index in [1.165, 1.54) is 24.0 Å². The number of allylic oxidation sites excluding steroid dienone is 2. The highest BCUT2D eigenvalue weighted by molar-refractivity contribution is 5.81. The number of nitrogens with zero attached hydrogens (tertiary/aromatic N) is 4. The maximum absolute atomic E-state index is 8.97. The van der Waals surface area contributed by atoms with Crippen LogP contribution in [0, 0.1) is 17.2 Å². The van der Waals surface area contributed by atoms with Gasteiger partial charge in [0.1, 0.15) is 12.4 Å². The van der Waals surface area contributed by atoms with Crippen LogP contribution < -0.4 is 4.74 Å². The first-order chi connectivity index (χ1) is 12.7. The molecule has 3 aliphatic carbocycles. The summed E-state index contributed by atoms with van der Waals surface area (Å²) in [5, 5.41) is 8.97. The third-order valence-corrected chi connectivity index (χ3v) is 6.38. The largest absolute Gasteiger partial charge is 0.474 e. The molecule has 0 bridgehead atoms. The molecule has 1 fully saturated rings. The quantitative estimate of drug-likeness (QED) is 0.807. The van der Waals surface area contributed by atoms with Gasteiger partial charge in [0.15, 0.2) is 0 Å². The van der Waals surface area contributed by atoms with Gasteiger partial charge >= 0.3 is 0 Å². The maximum atomic E-state index is 8.97. The van der Waals surface area contributed by atoms with Crippen LogP contribution in [-0.2, 0) is 6.42 Å². The Balaban J connectivity index is 1.52. The van der Waals surface area contributed by atoms with E-state index < -0.39 is 0 Å². The summed E-state index contributed by atoms with van der Waals surface area (Å²) < 4.78 is 6.42. The first kappa shape index (κ1) is 17.5. The van der Waals surface area contributed by atoms with Crippen LogP contribution in [0.25, 0.3) is 5.57 Å². The van der Waals surface area contributed by atoms with Crippen molar-refractivity contribution in [3.63, 3.8) is 0 Å². The average molecular weight is 352 g/mol. The minimum atomic E-state index is 0.258. The second kappa shape index (κ2) is 7.36. The van der Waals surface area contributed by atoms with E-state index in [9.17, 15) is 0 Å². The minimum absolute atomic E-state index is 0.258. The lowest BCUT2D eigenvalue weighted by Crippen LogP contribution is -2.35. The highest BCUT2D eigenvalue weighted by Gasteiger charge is 2.36. The Morgan fingerprint density at radius 2 is 2.00 bits per heavy atom. The number of fused-ring (bicyclic) bond motifs is 2. The van der Waals surface area contributed by atoms with Crippen LogP contribution in [0.2, 0.25) is 0 Å². The third kappa shape index (κ3) is 3.23. The predicted molar refractivity (Wildman–Crippen MR) is 101 cm³/mol. The SMILES string of the molecule is CN(C)C1CCC(Oc2ncnc3c2C2=C(CC[C@@H]2CCC#N)C3)CC1. The summed E-state index contributed by atoms with van der Waals surface area (Å²) in [6, 6.07) is 2.97. The highest BCUT2D eigenvalue weighted by atomic mass is 16.5. The molecule has 0 unspecified atom stereocenters. The Hall–Kier alpha value is -1.93. The van der Waals surface area contributed by atoms with Crippen LogP contribution in [-0.4, -0.2) is 41.1 Å². The maximum Gasteiger partial charge on any atom is 0.224 e. The van der Waals surface area contributed by atoms with Crippen molar-refractivity contribution in [2.75, 3.05) is 14.1 Å². The van der Waals surface area contributed by atoms with Crippen LogP contribution in [0.15, 0.2) is 11.9 Å². The lowest BCUT2D eigenvalue weighted by Gasteiger charge is -2.32. The van der Waals surface area contributed by atoms with E-state index in [1.807, 2.05) is 0 Å². The number of hydrogen-bond donors (Lipinski definition) is 0. The topological polar surface area (TPSA) is 62.0 Å². The second-order valence-electron chi connectivity index (χ2n) is 8.14.